The van der Waals surface area contributed by atoms with E-state index in [1.54, 1.807) is 32.6 Å². The molecule has 26 heavy (non-hydrogen) atoms. The first-order chi connectivity index (χ1) is 12.2. The largest absolute Gasteiger partial charge is 0.497 e. The summed E-state index contributed by atoms with van der Waals surface area (Å²) in [6.45, 7) is 3.83. The van der Waals surface area contributed by atoms with Crippen molar-refractivity contribution in [3.63, 3.8) is 0 Å². The van der Waals surface area contributed by atoms with Crippen LogP contribution in [0.1, 0.15) is 23.3 Å². The van der Waals surface area contributed by atoms with Crippen molar-refractivity contribution in [2.24, 2.45) is 4.99 Å². The molecular weight excluding hydrogens is 461 g/mol. The molecular formula is C19H28IN3O2S. The van der Waals surface area contributed by atoms with Gasteiger partial charge in [0.15, 0.2) is 5.96 Å². The van der Waals surface area contributed by atoms with Crippen molar-refractivity contribution in [1.29, 1.82) is 0 Å². The van der Waals surface area contributed by atoms with Crippen molar-refractivity contribution in [2.75, 3.05) is 34.4 Å². The Balaban J connectivity index is 0.00000338. The summed E-state index contributed by atoms with van der Waals surface area (Å²) in [5.41, 5.74) is 1.11. The molecule has 2 N–H and O–H groups in total. The van der Waals surface area contributed by atoms with Gasteiger partial charge < -0.3 is 20.1 Å². The third-order valence-electron chi connectivity index (χ3n) is 4.00. The Labute approximate surface area is 177 Å². The Morgan fingerprint density at radius 1 is 1.19 bits per heavy atom. The molecule has 1 atom stereocenters. The highest BCUT2D eigenvalue weighted by Crippen LogP contribution is 2.24. The molecule has 0 saturated carbocycles. The Morgan fingerprint density at radius 3 is 2.62 bits per heavy atom. The Kier molecular flexibility index (Phi) is 10.4. The summed E-state index contributed by atoms with van der Waals surface area (Å²) < 4.78 is 10.7. The van der Waals surface area contributed by atoms with Crippen molar-refractivity contribution in [3.05, 3.63) is 46.2 Å². The number of thiophene rings is 1. The minimum atomic E-state index is 0. The van der Waals surface area contributed by atoms with Crippen molar-refractivity contribution < 1.29 is 9.47 Å². The number of ether oxygens (including phenoxy) is 2. The van der Waals surface area contributed by atoms with Gasteiger partial charge >= 0.3 is 0 Å². The minimum absolute atomic E-state index is 0. The number of hydrogen-bond acceptors (Lipinski definition) is 4. The zero-order valence-electron chi connectivity index (χ0n) is 15.7. The number of nitrogens with zero attached hydrogens (tertiary/aromatic N) is 1. The number of halogens is 1. The fourth-order valence-corrected chi connectivity index (χ4v) is 3.32. The van der Waals surface area contributed by atoms with E-state index >= 15 is 0 Å². The molecule has 7 heteroatoms. The molecule has 0 radical (unpaired) electrons. The van der Waals surface area contributed by atoms with Crippen LogP contribution in [0.2, 0.25) is 0 Å². The lowest BCUT2D eigenvalue weighted by atomic mass is 10.1. The van der Waals surface area contributed by atoms with Crippen LogP contribution in [0.3, 0.4) is 0 Å². The van der Waals surface area contributed by atoms with Gasteiger partial charge in [-0.3, -0.25) is 4.99 Å². The average molecular weight is 489 g/mol. The Hall–Kier alpha value is -1.48. The van der Waals surface area contributed by atoms with Crippen LogP contribution in [0.25, 0.3) is 0 Å². The quantitative estimate of drug-likeness (QED) is 0.336. The molecule has 2 rings (SSSR count). The summed E-state index contributed by atoms with van der Waals surface area (Å²) >= 11 is 1.79. The number of nitrogens with one attached hydrogen (secondary N) is 2. The predicted octanol–water partition coefficient (Wildman–Crippen LogP) is 3.89. The van der Waals surface area contributed by atoms with Crippen LogP contribution in [0.4, 0.5) is 0 Å². The van der Waals surface area contributed by atoms with Gasteiger partial charge in [-0.25, -0.2) is 0 Å². The number of guanidine groups is 1. The topological polar surface area (TPSA) is 54.9 Å². The lowest BCUT2D eigenvalue weighted by Gasteiger charge is -2.16. The minimum Gasteiger partial charge on any atom is -0.497 e. The lowest BCUT2D eigenvalue weighted by molar-refractivity contribution is 0.398. The van der Waals surface area contributed by atoms with E-state index in [1.165, 1.54) is 4.88 Å². The van der Waals surface area contributed by atoms with E-state index in [0.29, 0.717) is 5.92 Å². The molecule has 1 heterocycles. The van der Waals surface area contributed by atoms with E-state index in [0.717, 1.165) is 42.5 Å². The van der Waals surface area contributed by atoms with Crippen LogP contribution < -0.4 is 20.1 Å². The van der Waals surface area contributed by atoms with Crippen molar-refractivity contribution in [3.8, 4) is 11.5 Å². The van der Waals surface area contributed by atoms with Crippen molar-refractivity contribution in [1.82, 2.24) is 10.6 Å². The summed E-state index contributed by atoms with van der Waals surface area (Å²) in [6.07, 6.45) is 0.821. The molecule has 0 aliphatic carbocycles. The number of aliphatic imine (C=N–C) groups is 1. The van der Waals surface area contributed by atoms with Crippen LogP contribution in [0.15, 0.2) is 40.7 Å². The molecule has 1 aromatic carbocycles. The fraction of sp³-hybridized carbons (Fsp3) is 0.421. The highest BCUT2D eigenvalue weighted by atomic mass is 127. The second kappa shape index (κ2) is 12.0. The molecule has 144 valence electrons. The van der Waals surface area contributed by atoms with Gasteiger partial charge in [-0.15, -0.1) is 35.3 Å². The zero-order valence-corrected chi connectivity index (χ0v) is 18.9. The predicted molar refractivity (Wildman–Crippen MR) is 121 cm³/mol. The molecule has 1 aromatic heterocycles. The Bertz CT molecular complexity index is 677. The van der Waals surface area contributed by atoms with Crippen molar-refractivity contribution in [2.45, 2.75) is 19.3 Å². The first-order valence-corrected chi connectivity index (χ1v) is 9.24. The molecule has 0 aliphatic heterocycles. The SMILES string of the molecule is CN=C(NCCc1cc(OC)ccc1OC)NCC(C)c1cccs1.I. The second-order valence-electron chi connectivity index (χ2n) is 5.72. The number of rotatable bonds is 8. The van der Waals surface area contributed by atoms with E-state index in [2.05, 4.69) is 40.1 Å². The van der Waals surface area contributed by atoms with Gasteiger partial charge in [0.25, 0.3) is 0 Å². The van der Waals surface area contributed by atoms with Gasteiger partial charge in [0.1, 0.15) is 11.5 Å². The van der Waals surface area contributed by atoms with Gasteiger partial charge in [-0.2, -0.15) is 0 Å². The van der Waals surface area contributed by atoms with Gasteiger partial charge in [-0.1, -0.05) is 13.0 Å². The molecule has 0 spiro atoms. The molecule has 2 aromatic rings. The van der Waals surface area contributed by atoms with E-state index in [9.17, 15) is 0 Å². The summed E-state index contributed by atoms with van der Waals surface area (Å²) in [5, 5.41) is 8.85. The Morgan fingerprint density at radius 2 is 2.00 bits per heavy atom. The maximum atomic E-state index is 5.42. The normalized spacial score (nSPS) is 12.1. The summed E-state index contributed by atoms with van der Waals surface area (Å²) in [7, 11) is 5.15. The second-order valence-corrected chi connectivity index (χ2v) is 6.70. The third kappa shape index (κ3) is 6.68. The zero-order chi connectivity index (χ0) is 18.1. The standard InChI is InChI=1S/C19H27N3O2S.HI/c1-14(18-6-5-11-25-18)13-22-19(20-2)21-10-9-15-12-16(23-3)7-8-17(15)24-4;/h5-8,11-12,14H,9-10,13H2,1-4H3,(H2,20,21,22);1H. The summed E-state index contributed by atoms with van der Waals surface area (Å²) in [4.78, 5) is 5.67. The van der Waals surface area contributed by atoms with Crippen LogP contribution in [-0.2, 0) is 6.42 Å². The lowest BCUT2D eigenvalue weighted by Crippen LogP contribution is -2.39. The highest BCUT2D eigenvalue weighted by Gasteiger charge is 2.08. The van der Waals surface area contributed by atoms with E-state index in [4.69, 9.17) is 9.47 Å². The monoisotopic (exact) mass is 489 g/mol. The smallest absolute Gasteiger partial charge is 0.191 e. The average Bonchev–Trinajstić information content (AvgIpc) is 3.18. The summed E-state index contributed by atoms with van der Waals surface area (Å²) in [5.74, 6) is 2.97. The fourth-order valence-electron chi connectivity index (χ4n) is 2.54. The van der Waals surface area contributed by atoms with E-state index < -0.39 is 0 Å². The van der Waals surface area contributed by atoms with Crippen LogP contribution >= 0.6 is 35.3 Å². The highest BCUT2D eigenvalue weighted by molar-refractivity contribution is 14.0. The van der Waals surface area contributed by atoms with E-state index in [1.807, 2.05) is 18.2 Å². The number of hydrogen-bond donors (Lipinski definition) is 2. The van der Waals surface area contributed by atoms with E-state index in [-0.39, 0.29) is 24.0 Å². The molecule has 5 nitrogen and oxygen atoms in total. The molecule has 0 aliphatic rings. The number of benzene rings is 1. The van der Waals surface area contributed by atoms with Gasteiger partial charge in [-0.05, 0) is 41.6 Å². The molecule has 0 fully saturated rings. The van der Waals surface area contributed by atoms with Crippen molar-refractivity contribution >= 4 is 41.3 Å². The first-order valence-electron chi connectivity index (χ1n) is 8.36. The molecule has 0 saturated heterocycles. The van der Waals surface area contributed by atoms with Gasteiger partial charge in [0, 0.05) is 30.9 Å². The maximum absolute atomic E-state index is 5.42. The van der Waals surface area contributed by atoms with Crippen LogP contribution in [0, 0.1) is 0 Å². The van der Waals surface area contributed by atoms with Gasteiger partial charge in [0.2, 0.25) is 0 Å². The maximum Gasteiger partial charge on any atom is 0.191 e. The van der Waals surface area contributed by atoms with Gasteiger partial charge in [0.05, 0.1) is 14.2 Å². The first kappa shape index (κ1) is 22.6. The van der Waals surface area contributed by atoms with Crippen LogP contribution in [-0.4, -0.2) is 40.3 Å². The molecule has 0 amide bonds. The molecule has 1 unspecified atom stereocenters. The molecule has 0 bridgehead atoms. The number of methoxy groups -OCH3 is 2. The summed E-state index contributed by atoms with van der Waals surface area (Å²) in [6, 6.07) is 10.1. The third-order valence-corrected chi connectivity index (χ3v) is 5.11. The van der Waals surface area contributed by atoms with Crippen LogP contribution in [0.5, 0.6) is 11.5 Å².